The summed E-state index contributed by atoms with van der Waals surface area (Å²) in [5, 5.41) is 2.04. The molecule has 0 aromatic heterocycles. The normalized spacial score (nSPS) is 14.8. The van der Waals surface area contributed by atoms with Crippen LogP contribution >= 0.6 is 11.6 Å². The van der Waals surface area contributed by atoms with Gasteiger partial charge in [-0.05, 0) is 36.8 Å². The number of para-hydroxylation sites is 1. The van der Waals surface area contributed by atoms with Crippen LogP contribution in [0.15, 0.2) is 42.5 Å². The smallest absolute Gasteiger partial charge is 0.417 e. The highest BCUT2D eigenvalue weighted by molar-refractivity contribution is 6.31. The summed E-state index contributed by atoms with van der Waals surface area (Å²) in [6, 6.07) is 10.7. The molecule has 0 aliphatic carbocycles. The van der Waals surface area contributed by atoms with Gasteiger partial charge in [-0.15, -0.1) is 0 Å². The molecule has 0 radical (unpaired) electrons. The van der Waals surface area contributed by atoms with Crippen molar-refractivity contribution in [1.82, 2.24) is 9.80 Å². The minimum atomic E-state index is -4.61. The van der Waals surface area contributed by atoms with E-state index in [1.165, 1.54) is 6.07 Å². The summed E-state index contributed by atoms with van der Waals surface area (Å²) in [7, 11) is 0. The molecule has 1 saturated heterocycles. The lowest BCUT2D eigenvalue weighted by Crippen LogP contribution is -2.51. The topological polar surface area (TPSA) is 61.9 Å². The van der Waals surface area contributed by atoms with Gasteiger partial charge >= 0.3 is 6.18 Å². The fourth-order valence-electron chi connectivity index (χ4n) is 3.33. The molecule has 1 aliphatic heterocycles. The van der Waals surface area contributed by atoms with Gasteiger partial charge in [-0.1, -0.05) is 29.8 Å². The Bertz CT molecular complexity index is 976. The Hall–Kier alpha value is -2.78. The maximum absolute atomic E-state index is 13.0. The maximum atomic E-state index is 13.0. The fraction of sp³-hybridized carbons (Fsp3) is 0.364. The highest BCUT2D eigenvalue weighted by Gasteiger charge is 2.33. The van der Waals surface area contributed by atoms with E-state index in [4.69, 9.17) is 16.3 Å². The third-order valence-corrected chi connectivity index (χ3v) is 5.42. The number of alkyl halides is 3. The van der Waals surface area contributed by atoms with Crippen LogP contribution in [0.25, 0.3) is 0 Å². The molecule has 1 heterocycles. The molecule has 1 fully saturated rings. The summed E-state index contributed by atoms with van der Waals surface area (Å²) >= 11 is 5.60. The number of aryl methyl sites for hydroxylation is 1. The van der Waals surface area contributed by atoms with Crippen molar-refractivity contribution >= 4 is 29.1 Å². The highest BCUT2D eigenvalue weighted by atomic mass is 35.5. The molecule has 6 nitrogen and oxygen atoms in total. The van der Waals surface area contributed by atoms with Gasteiger partial charge in [-0.2, -0.15) is 13.2 Å². The summed E-state index contributed by atoms with van der Waals surface area (Å²) < 4.78 is 44.5. The van der Waals surface area contributed by atoms with E-state index >= 15 is 0 Å². The van der Waals surface area contributed by atoms with Gasteiger partial charge < -0.3 is 15.0 Å². The lowest BCUT2D eigenvalue weighted by atomic mass is 10.2. The number of carbonyl (C=O) groups excluding carboxylic acids is 2. The molecule has 10 heteroatoms. The summed E-state index contributed by atoms with van der Waals surface area (Å²) in [4.78, 5) is 28.2. The number of rotatable bonds is 6. The maximum Gasteiger partial charge on any atom is 0.417 e. The summed E-state index contributed by atoms with van der Waals surface area (Å²) in [5.41, 5.74) is -0.0370. The molecule has 1 aliphatic rings. The number of amides is 2. The number of carbonyl (C=O) groups is 2. The van der Waals surface area contributed by atoms with Crippen molar-refractivity contribution in [2.24, 2.45) is 0 Å². The zero-order valence-corrected chi connectivity index (χ0v) is 18.2. The minimum absolute atomic E-state index is 0.00567. The Labute approximate surface area is 188 Å². The van der Waals surface area contributed by atoms with Crippen LogP contribution in [0.1, 0.15) is 11.1 Å². The average molecular weight is 470 g/mol. The monoisotopic (exact) mass is 469 g/mol. The molecule has 2 aromatic carbocycles. The summed E-state index contributed by atoms with van der Waals surface area (Å²) in [6.45, 7) is 3.65. The first-order chi connectivity index (χ1) is 15.1. The van der Waals surface area contributed by atoms with Gasteiger partial charge in [0.15, 0.2) is 6.61 Å². The SMILES string of the molecule is Cc1ccccc1OCC(=O)N1CCN(CC(=O)Nc2ccc(Cl)c(C(F)(F)F)c2)CC1. The molecule has 3 rings (SSSR count). The molecule has 32 heavy (non-hydrogen) atoms. The Balaban J connectivity index is 1.45. The molecular weight excluding hydrogens is 447 g/mol. The Morgan fingerprint density at radius 3 is 2.44 bits per heavy atom. The van der Waals surface area contributed by atoms with E-state index in [1.54, 1.807) is 11.0 Å². The van der Waals surface area contributed by atoms with Crippen LogP contribution < -0.4 is 10.1 Å². The Kier molecular flexibility index (Phi) is 7.63. The van der Waals surface area contributed by atoms with E-state index in [0.29, 0.717) is 31.9 Å². The summed E-state index contributed by atoms with van der Waals surface area (Å²) in [6.07, 6.45) is -4.61. The second kappa shape index (κ2) is 10.2. The van der Waals surface area contributed by atoms with Crippen LogP contribution in [0.2, 0.25) is 5.02 Å². The quantitative estimate of drug-likeness (QED) is 0.698. The van der Waals surface area contributed by atoms with Crippen LogP contribution in [0, 0.1) is 6.92 Å². The van der Waals surface area contributed by atoms with Gasteiger partial charge in [-0.3, -0.25) is 14.5 Å². The largest absolute Gasteiger partial charge is 0.484 e. The van der Waals surface area contributed by atoms with E-state index in [0.717, 1.165) is 17.7 Å². The Morgan fingerprint density at radius 1 is 1.09 bits per heavy atom. The van der Waals surface area contributed by atoms with Crippen molar-refractivity contribution in [3.05, 3.63) is 58.6 Å². The average Bonchev–Trinajstić information content (AvgIpc) is 2.74. The molecule has 1 N–H and O–H groups in total. The molecule has 0 atom stereocenters. The van der Waals surface area contributed by atoms with Crippen molar-refractivity contribution < 1.29 is 27.5 Å². The van der Waals surface area contributed by atoms with Gasteiger partial charge in [0.05, 0.1) is 17.1 Å². The van der Waals surface area contributed by atoms with Gasteiger partial charge in [0.25, 0.3) is 5.91 Å². The molecule has 2 aromatic rings. The number of ether oxygens (including phenoxy) is 1. The molecule has 172 valence electrons. The fourth-order valence-corrected chi connectivity index (χ4v) is 3.55. The predicted octanol–water partition coefficient (Wildman–Crippen LogP) is 3.83. The van der Waals surface area contributed by atoms with Gasteiger partial charge in [0, 0.05) is 31.9 Å². The van der Waals surface area contributed by atoms with E-state index in [9.17, 15) is 22.8 Å². The summed E-state index contributed by atoms with van der Waals surface area (Å²) in [5.74, 6) is 0.0772. The van der Waals surface area contributed by atoms with Gasteiger partial charge in [0.1, 0.15) is 5.75 Å². The van der Waals surface area contributed by atoms with Crippen molar-refractivity contribution in [2.75, 3.05) is 44.6 Å². The van der Waals surface area contributed by atoms with Crippen molar-refractivity contribution in [2.45, 2.75) is 13.1 Å². The lowest BCUT2D eigenvalue weighted by Gasteiger charge is -2.34. The van der Waals surface area contributed by atoms with Crippen LogP contribution in [0.3, 0.4) is 0 Å². The van der Waals surface area contributed by atoms with Crippen LogP contribution in [0.5, 0.6) is 5.75 Å². The highest BCUT2D eigenvalue weighted by Crippen LogP contribution is 2.36. The van der Waals surface area contributed by atoms with Crippen LogP contribution in [-0.2, 0) is 15.8 Å². The van der Waals surface area contributed by atoms with Crippen molar-refractivity contribution in [1.29, 1.82) is 0 Å². The molecular formula is C22H23ClF3N3O3. The Morgan fingerprint density at radius 2 is 1.78 bits per heavy atom. The number of hydrogen-bond acceptors (Lipinski definition) is 4. The second-order valence-electron chi connectivity index (χ2n) is 7.45. The number of hydrogen-bond donors (Lipinski definition) is 1. The number of nitrogens with one attached hydrogen (secondary N) is 1. The van der Waals surface area contributed by atoms with Crippen LogP contribution in [0.4, 0.5) is 18.9 Å². The zero-order valence-electron chi connectivity index (χ0n) is 17.4. The van der Waals surface area contributed by atoms with Crippen LogP contribution in [-0.4, -0.2) is 60.9 Å². The first-order valence-electron chi connectivity index (χ1n) is 9.98. The van der Waals surface area contributed by atoms with E-state index in [-0.39, 0.29) is 24.7 Å². The number of nitrogens with zero attached hydrogens (tertiary/aromatic N) is 2. The molecule has 0 unspecified atom stereocenters. The number of anilines is 1. The van der Waals surface area contributed by atoms with Crippen molar-refractivity contribution in [3.63, 3.8) is 0 Å². The second-order valence-corrected chi connectivity index (χ2v) is 7.86. The van der Waals surface area contributed by atoms with E-state index in [2.05, 4.69) is 5.32 Å². The standard InChI is InChI=1S/C22H23ClF3N3O3/c1-15-4-2-3-5-19(15)32-14-21(31)29-10-8-28(9-11-29)13-20(30)27-16-6-7-18(23)17(12-16)22(24,25)26/h2-7,12H,8-11,13-14H2,1H3,(H,27,30). The van der Waals surface area contributed by atoms with Crippen molar-refractivity contribution in [3.8, 4) is 5.75 Å². The molecule has 0 bridgehead atoms. The van der Waals surface area contributed by atoms with E-state index in [1.807, 2.05) is 30.0 Å². The first kappa shape index (κ1) is 23.9. The minimum Gasteiger partial charge on any atom is -0.484 e. The van der Waals surface area contributed by atoms with Gasteiger partial charge in [-0.25, -0.2) is 0 Å². The predicted molar refractivity (Wildman–Crippen MR) is 115 cm³/mol. The lowest BCUT2D eigenvalue weighted by molar-refractivity contribution is -0.137. The molecule has 0 spiro atoms. The van der Waals surface area contributed by atoms with E-state index < -0.39 is 22.7 Å². The zero-order chi connectivity index (χ0) is 23.3. The number of halogens is 4. The molecule has 0 saturated carbocycles. The first-order valence-corrected chi connectivity index (χ1v) is 10.4. The number of benzene rings is 2. The third kappa shape index (κ3) is 6.37. The third-order valence-electron chi connectivity index (χ3n) is 5.09. The van der Waals surface area contributed by atoms with Gasteiger partial charge in [0.2, 0.25) is 5.91 Å². The number of piperazine rings is 1. The molecule has 2 amide bonds.